The maximum Gasteiger partial charge on any atom is 0.391 e. The zero-order valence-electron chi connectivity index (χ0n) is 8.19. The third-order valence-electron chi connectivity index (χ3n) is 3.18. The Morgan fingerprint density at radius 1 is 1.00 bits per heavy atom. The highest BCUT2D eigenvalue weighted by molar-refractivity contribution is 6.35. The van der Waals surface area contributed by atoms with Gasteiger partial charge in [-0.1, -0.05) is 24.5 Å². The van der Waals surface area contributed by atoms with Crippen molar-refractivity contribution in [1.29, 1.82) is 0 Å². The molecule has 1 aliphatic carbocycles. The number of alkyl halides is 3. The number of halogens is 3. The molecule has 1 saturated carbocycles. The lowest BCUT2D eigenvalue weighted by Crippen LogP contribution is -2.29. The average molecular weight is 190 g/mol. The Morgan fingerprint density at radius 2 is 1.46 bits per heavy atom. The molecule has 1 fully saturated rings. The minimum atomic E-state index is -3.96. The van der Waals surface area contributed by atoms with Gasteiger partial charge in [-0.15, -0.1) is 0 Å². The van der Waals surface area contributed by atoms with Crippen LogP contribution in [0.25, 0.3) is 0 Å². The molecule has 0 spiro atoms. The summed E-state index contributed by atoms with van der Waals surface area (Å²) >= 11 is 0. The van der Waals surface area contributed by atoms with Crippen molar-refractivity contribution in [3.05, 3.63) is 0 Å². The second kappa shape index (κ2) is 3.97. The van der Waals surface area contributed by atoms with Crippen LogP contribution in [0.1, 0.15) is 25.7 Å². The van der Waals surface area contributed by atoms with Crippen LogP contribution in [0, 0.1) is 11.8 Å². The maximum absolute atomic E-state index is 12.3. The Hall–Kier alpha value is -0.0801. The molecule has 0 radical (unpaired) electrons. The van der Waals surface area contributed by atoms with Gasteiger partial charge in [0.1, 0.15) is 0 Å². The van der Waals surface area contributed by atoms with Crippen LogP contribution >= 0.6 is 0 Å². The Kier molecular flexibility index (Phi) is 3.36. The minimum Gasteiger partial charge on any atom is -0.171 e. The van der Waals surface area contributed by atoms with Crippen LogP contribution in [0.2, 0.25) is 5.72 Å². The number of rotatable bonds is 1. The summed E-state index contributed by atoms with van der Waals surface area (Å²) in [6.07, 6.45) is -1.77. The fraction of sp³-hybridized carbons (Fsp3) is 1.00. The standard InChI is InChI=1S/C8H15B2F3/c9-7(10)5-1-3-6(4-2-5)8(11,12)13/h5-7H,1-4,9-10H2. The molecule has 1 aliphatic rings. The van der Waals surface area contributed by atoms with E-state index in [4.69, 9.17) is 0 Å². The predicted molar refractivity (Wildman–Crippen MR) is 52.3 cm³/mol. The van der Waals surface area contributed by atoms with Crippen molar-refractivity contribution >= 4 is 15.7 Å². The smallest absolute Gasteiger partial charge is 0.171 e. The van der Waals surface area contributed by atoms with Gasteiger partial charge in [0.15, 0.2) is 0 Å². The van der Waals surface area contributed by atoms with E-state index in [9.17, 15) is 13.2 Å². The first-order valence-electron chi connectivity index (χ1n) is 4.98. The van der Waals surface area contributed by atoms with Gasteiger partial charge in [-0.25, -0.2) is 0 Å². The van der Waals surface area contributed by atoms with Crippen molar-refractivity contribution in [3.8, 4) is 0 Å². The van der Waals surface area contributed by atoms with Crippen molar-refractivity contribution in [2.24, 2.45) is 11.8 Å². The highest BCUT2D eigenvalue weighted by atomic mass is 19.4. The van der Waals surface area contributed by atoms with E-state index in [-0.39, 0.29) is 0 Å². The van der Waals surface area contributed by atoms with E-state index in [1.165, 1.54) is 0 Å². The lowest BCUT2D eigenvalue weighted by atomic mass is 9.59. The Labute approximate surface area is 79.1 Å². The van der Waals surface area contributed by atoms with E-state index in [2.05, 4.69) is 15.7 Å². The van der Waals surface area contributed by atoms with Crippen molar-refractivity contribution in [2.45, 2.75) is 37.6 Å². The normalized spacial score (nSPS) is 30.8. The Morgan fingerprint density at radius 3 is 1.77 bits per heavy atom. The van der Waals surface area contributed by atoms with Crippen LogP contribution in [0.5, 0.6) is 0 Å². The zero-order chi connectivity index (χ0) is 10.1. The van der Waals surface area contributed by atoms with E-state index in [0.29, 0.717) is 24.5 Å². The summed E-state index contributed by atoms with van der Waals surface area (Å²) in [6, 6.07) is 0. The molecule has 13 heavy (non-hydrogen) atoms. The third-order valence-corrected chi connectivity index (χ3v) is 3.18. The van der Waals surface area contributed by atoms with Crippen LogP contribution in [0.3, 0.4) is 0 Å². The monoisotopic (exact) mass is 190 g/mol. The molecule has 5 heteroatoms. The molecule has 0 N–H and O–H groups in total. The summed E-state index contributed by atoms with van der Waals surface area (Å²) in [5, 5.41) is 0. The second-order valence-electron chi connectivity index (χ2n) is 4.40. The molecule has 0 heterocycles. The largest absolute Gasteiger partial charge is 0.391 e. The summed E-state index contributed by atoms with van der Waals surface area (Å²) in [6.45, 7) is 0. The van der Waals surface area contributed by atoms with E-state index in [1.54, 1.807) is 0 Å². The van der Waals surface area contributed by atoms with Gasteiger partial charge in [0.2, 0.25) is 0 Å². The van der Waals surface area contributed by atoms with Crippen LogP contribution in [0.4, 0.5) is 13.2 Å². The van der Waals surface area contributed by atoms with Crippen molar-refractivity contribution < 1.29 is 13.2 Å². The van der Waals surface area contributed by atoms with Crippen molar-refractivity contribution in [2.75, 3.05) is 0 Å². The van der Waals surface area contributed by atoms with Gasteiger partial charge in [-0.2, -0.15) is 13.2 Å². The van der Waals surface area contributed by atoms with E-state index in [0.717, 1.165) is 12.8 Å². The lowest BCUT2D eigenvalue weighted by Gasteiger charge is -2.31. The van der Waals surface area contributed by atoms with Gasteiger partial charge in [0, 0.05) is 0 Å². The predicted octanol–water partition coefficient (Wildman–Crippen LogP) is 1.37. The first-order valence-corrected chi connectivity index (χ1v) is 4.98. The fourth-order valence-corrected chi connectivity index (χ4v) is 2.11. The second-order valence-corrected chi connectivity index (χ2v) is 4.40. The topological polar surface area (TPSA) is 0 Å². The van der Waals surface area contributed by atoms with Gasteiger partial charge in [0.05, 0.1) is 21.6 Å². The third kappa shape index (κ3) is 2.96. The van der Waals surface area contributed by atoms with Crippen molar-refractivity contribution in [1.82, 2.24) is 0 Å². The summed E-state index contributed by atoms with van der Waals surface area (Å²) in [7, 11) is 4.19. The van der Waals surface area contributed by atoms with E-state index < -0.39 is 12.1 Å². The van der Waals surface area contributed by atoms with Gasteiger partial charge in [-0.3, -0.25) is 0 Å². The average Bonchev–Trinajstić information content (AvgIpc) is 2.03. The van der Waals surface area contributed by atoms with Gasteiger partial charge in [0.25, 0.3) is 0 Å². The molecule has 0 saturated heterocycles. The molecule has 0 amide bonds. The molecule has 0 bridgehead atoms. The van der Waals surface area contributed by atoms with Gasteiger partial charge >= 0.3 is 6.18 Å². The summed E-state index contributed by atoms with van der Waals surface area (Å²) in [4.78, 5) is 0. The molecule has 0 aromatic carbocycles. The van der Waals surface area contributed by atoms with E-state index >= 15 is 0 Å². The first kappa shape index (κ1) is 11.0. The molecule has 0 unspecified atom stereocenters. The maximum atomic E-state index is 12.3. The summed E-state index contributed by atoms with van der Waals surface area (Å²) < 4.78 is 36.8. The highest BCUT2D eigenvalue weighted by Crippen LogP contribution is 2.41. The molecule has 0 aromatic heterocycles. The van der Waals surface area contributed by atoms with E-state index in [1.807, 2.05) is 0 Å². The van der Waals surface area contributed by atoms with Crippen LogP contribution < -0.4 is 0 Å². The van der Waals surface area contributed by atoms with Crippen LogP contribution in [0.15, 0.2) is 0 Å². The fourth-order valence-electron chi connectivity index (χ4n) is 2.11. The Balaban J connectivity index is 2.39. The summed E-state index contributed by atoms with van der Waals surface area (Å²) in [5.74, 6) is -0.513. The zero-order valence-corrected chi connectivity index (χ0v) is 8.19. The molecule has 0 aliphatic heterocycles. The minimum absolute atomic E-state index is 0.340. The number of hydrogen-bond acceptors (Lipinski definition) is 0. The Bertz CT molecular complexity index is 159. The molecular formula is C8H15B2F3. The molecule has 74 valence electrons. The van der Waals surface area contributed by atoms with Gasteiger partial charge < -0.3 is 0 Å². The molecule has 0 nitrogen and oxygen atoms in total. The quantitative estimate of drug-likeness (QED) is 0.547. The SMILES string of the molecule is BC(B)C1CCC(C(F)(F)F)CC1. The summed E-state index contributed by atoms with van der Waals surface area (Å²) in [5.41, 5.74) is 0.536. The number of hydrogen-bond donors (Lipinski definition) is 0. The van der Waals surface area contributed by atoms with Crippen molar-refractivity contribution in [3.63, 3.8) is 0 Å². The molecule has 0 aromatic rings. The molecule has 0 atom stereocenters. The highest BCUT2D eigenvalue weighted by Gasteiger charge is 2.41. The lowest BCUT2D eigenvalue weighted by molar-refractivity contribution is -0.183. The molecular weight excluding hydrogens is 175 g/mol. The van der Waals surface area contributed by atoms with Crippen LogP contribution in [-0.2, 0) is 0 Å². The van der Waals surface area contributed by atoms with Gasteiger partial charge in [-0.05, 0) is 12.8 Å². The van der Waals surface area contributed by atoms with Crippen LogP contribution in [-0.4, -0.2) is 21.9 Å². The molecule has 1 rings (SSSR count). The first-order chi connectivity index (χ1) is 5.91.